The van der Waals surface area contributed by atoms with Crippen molar-refractivity contribution in [3.05, 3.63) is 33.9 Å². The molecule has 1 fully saturated rings. The minimum atomic E-state index is -0.557. The Hall–Kier alpha value is -2.13. The van der Waals surface area contributed by atoms with Crippen LogP contribution in [0.4, 0.5) is 5.69 Å². The van der Waals surface area contributed by atoms with E-state index < -0.39 is 4.92 Å². The average Bonchev–Trinajstić information content (AvgIpc) is 2.48. The molecule has 1 aromatic carbocycles. The number of nitriles is 1. The maximum Gasteiger partial charge on any atom is 0.290 e. The lowest BCUT2D eigenvalue weighted by atomic mass is 9.95. The van der Waals surface area contributed by atoms with Crippen molar-refractivity contribution in [2.24, 2.45) is 5.92 Å². The van der Waals surface area contributed by atoms with Crippen LogP contribution in [0.1, 0.15) is 24.8 Å². The predicted molar refractivity (Wildman–Crippen MR) is 73.5 cm³/mol. The van der Waals surface area contributed by atoms with Crippen molar-refractivity contribution in [3.63, 3.8) is 0 Å². The maximum atomic E-state index is 10.8. The van der Waals surface area contributed by atoms with Crippen molar-refractivity contribution in [1.29, 1.82) is 5.26 Å². The van der Waals surface area contributed by atoms with E-state index in [1.807, 2.05) is 6.07 Å². The topological polar surface area (TPSA) is 88.2 Å². The summed E-state index contributed by atoms with van der Waals surface area (Å²) in [4.78, 5) is 10.3. The predicted octanol–water partition coefficient (Wildman–Crippen LogP) is 2.23. The van der Waals surface area contributed by atoms with E-state index in [9.17, 15) is 10.1 Å². The number of hydrogen-bond donors (Lipinski definition) is 1. The van der Waals surface area contributed by atoms with Crippen molar-refractivity contribution in [3.8, 4) is 11.8 Å². The summed E-state index contributed by atoms with van der Waals surface area (Å²) >= 11 is 0. The van der Waals surface area contributed by atoms with E-state index >= 15 is 0 Å². The molecule has 1 N–H and O–H groups in total. The minimum absolute atomic E-state index is 0.00260. The molecule has 1 aliphatic heterocycles. The molecule has 1 aliphatic rings. The van der Waals surface area contributed by atoms with Crippen molar-refractivity contribution in [2.75, 3.05) is 19.7 Å². The van der Waals surface area contributed by atoms with Gasteiger partial charge in [-0.3, -0.25) is 10.1 Å². The normalized spacial score (nSPS) is 15.6. The molecule has 0 bridgehead atoms. The summed E-state index contributed by atoms with van der Waals surface area (Å²) in [6.07, 6.45) is 3.17. The van der Waals surface area contributed by atoms with Gasteiger partial charge in [-0.05, 0) is 44.3 Å². The number of nitrogens with zero attached hydrogens (tertiary/aromatic N) is 2. The molecule has 0 aromatic heterocycles. The number of nitro groups is 1. The molecule has 2 rings (SSSR count). The number of hydrogen-bond acceptors (Lipinski definition) is 5. The van der Waals surface area contributed by atoms with Crippen LogP contribution in [0.3, 0.4) is 0 Å². The van der Waals surface area contributed by atoms with E-state index in [1.165, 1.54) is 6.07 Å². The highest BCUT2D eigenvalue weighted by molar-refractivity contribution is 5.56. The quantitative estimate of drug-likeness (QED) is 0.657. The average molecular weight is 275 g/mol. The first-order valence-corrected chi connectivity index (χ1v) is 6.73. The standard InChI is InChI=1S/C14H17N3O3/c15-10-12-13(17(18)19)2-1-3-14(12)20-9-6-11-4-7-16-8-5-11/h1-3,11,16H,4-9H2. The number of benzene rings is 1. The lowest BCUT2D eigenvalue weighted by molar-refractivity contribution is -0.385. The van der Waals surface area contributed by atoms with Gasteiger partial charge in [0.2, 0.25) is 0 Å². The lowest BCUT2D eigenvalue weighted by Gasteiger charge is -2.22. The highest BCUT2D eigenvalue weighted by Crippen LogP contribution is 2.27. The first kappa shape index (κ1) is 14.3. The molecule has 0 radical (unpaired) electrons. The second-order valence-corrected chi connectivity index (χ2v) is 4.85. The Labute approximate surface area is 117 Å². The maximum absolute atomic E-state index is 10.8. The highest BCUT2D eigenvalue weighted by atomic mass is 16.6. The fourth-order valence-electron chi connectivity index (χ4n) is 2.41. The summed E-state index contributed by atoms with van der Waals surface area (Å²) in [5, 5.41) is 23.2. The molecule has 0 atom stereocenters. The Morgan fingerprint density at radius 3 is 2.85 bits per heavy atom. The molecular formula is C14H17N3O3. The van der Waals surface area contributed by atoms with Gasteiger partial charge in [-0.25, -0.2) is 0 Å². The third-order valence-corrected chi connectivity index (χ3v) is 3.56. The summed E-state index contributed by atoms with van der Waals surface area (Å²) in [7, 11) is 0. The molecule has 106 valence electrons. The second kappa shape index (κ2) is 6.87. The number of ether oxygens (including phenoxy) is 1. The van der Waals surface area contributed by atoms with Gasteiger partial charge in [0, 0.05) is 6.07 Å². The second-order valence-electron chi connectivity index (χ2n) is 4.85. The molecule has 1 heterocycles. The summed E-state index contributed by atoms with van der Waals surface area (Å²) in [6.45, 7) is 2.55. The Morgan fingerprint density at radius 2 is 2.20 bits per heavy atom. The van der Waals surface area contributed by atoms with Crippen molar-refractivity contribution < 1.29 is 9.66 Å². The molecule has 0 aliphatic carbocycles. The molecule has 6 heteroatoms. The first-order valence-electron chi connectivity index (χ1n) is 6.73. The Morgan fingerprint density at radius 1 is 1.45 bits per heavy atom. The number of nitro benzene ring substituents is 1. The van der Waals surface area contributed by atoms with E-state index in [0.717, 1.165) is 32.4 Å². The molecule has 1 aromatic rings. The SMILES string of the molecule is N#Cc1c(OCCC2CCNCC2)cccc1[N+](=O)[O-]. The monoisotopic (exact) mass is 275 g/mol. The van der Waals surface area contributed by atoms with Crippen molar-refractivity contribution in [1.82, 2.24) is 5.32 Å². The Bertz CT molecular complexity index is 519. The van der Waals surface area contributed by atoms with Crippen LogP contribution in [-0.4, -0.2) is 24.6 Å². The van der Waals surface area contributed by atoms with E-state index in [4.69, 9.17) is 10.00 Å². The van der Waals surface area contributed by atoms with Gasteiger partial charge >= 0.3 is 0 Å². The molecule has 20 heavy (non-hydrogen) atoms. The van der Waals surface area contributed by atoms with Crippen LogP contribution in [0.15, 0.2) is 18.2 Å². The zero-order valence-corrected chi connectivity index (χ0v) is 11.2. The first-order chi connectivity index (χ1) is 9.72. The largest absolute Gasteiger partial charge is 0.492 e. The summed E-state index contributed by atoms with van der Waals surface area (Å²) in [6, 6.07) is 6.32. The van der Waals surface area contributed by atoms with E-state index in [-0.39, 0.29) is 11.3 Å². The fourth-order valence-corrected chi connectivity index (χ4v) is 2.41. The molecule has 1 saturated heterocycles. The summed E-state index contributed by atoms with van der Waals surface area (Å²) < 4.78 is 5.57. The Kier molecular flexibility index (Phi) is 4.91. The smallest absolute Gasteiger partial charge is 0.290 e. The van der Waals surface area contributed by atoms with Gasteiger partial charge in [-0.1, -0.05) is 6.07 Å². The zero-order chi connectivity index (χ0) is 14.4. The van der Waals surface area contributed by atoms with Crippen LogP contribution >= 0.6 is 0 Å². The van der Waals surface area contributed by atoms with Crippen LogP contribution < -0.4 is 10.1 Å². The van der Waals surface area contributed by atoms with Gasteiger partial charge in [0.05, 0.1) is 11.5 Å². The summed E-state index contributed by atoms with van der Waals surface area (Å²) in [5.41, 5.74) is -0.199. The summed E-state index contributed by atoms with van der Waals surface area (Å²) in [5.74, 6) is 0.927. The van der Waals surface area contributed by atoms with Crippen LogP contribution in [0, 0.1) is 27.4 Å². The third kappa shape index (κ3) is 3.45. The van der Waals surface area contributed by atoms with Gasteiger partial charge in [0.15, 0.2) is 5.56 Å². The molecule has 0 amide bonds. The minimum Gasteiger partial charge on any atom is -0.492 e. The molecular weight excluding hydrogens is 258 g/mol. The van der Waals surface area contributed by atoms with Gasteiger partial charge in [0.25, 0.3) is 5.69 Å². The Balaban J connectivity index is 1.97. The number of rotatable bonds is 5. The van der Waals surface area contributed by atoms with Gasteiger partial charge in [-0.2, -0.15) is 5.26 Å². The molecule has 0 spiro atoms. The zero-order valence-electron chi connectivity index (χ0n) is 11.2. The molecule has 0 unspecified atom stereocenters. The van der Waals surface area contributed by atoms with E-state index in [2.05, 4.69) is 5.32 Å². The number of nitrogens with one attached hydrogen (secondary N) is 1. The third-order valence-electron chi connectivity index (χ3n) is 3.56. The highest BCUT2D eigenvalue weighted by Gasteiger charge is 2.19. The van der Waals surface area contributed by atoms with Crippen LogP contribution in [0.5, 0.6) is 5.75 Å². The van der Waals surface area contributed by atoms with Crippen LogP contribution in [0.25, 0.3) is 0 Å². The van der Waals surface area contributed by atoms with Crippen molar-refractivity contribution >= 4 is 5.69 Å². The van der Waals surface area contributed by atoms with Crippen LogP contribution in [0.2, 0.25) is 0 Å². The molecule has 6 nitrogen and oxygen atoms in total. The van der Waals surface area contributed by atoms with Gasteiger partial charge in [0.1, 0.15) is 11.8 Å². The van der Waals surface area contributed by atoms with Crippen LogP contribution in [-0.2, 0) is 0 Å². The van der Waals surface area contributed by atoms with Gasteiger partial charge < -0.3 is 10.1 Å². The van der Waals surface area contributed by atoms with E-state index in [0.29, 0.717) is 18.3 Å². The lowest BCUT2D eigenvalue weighted by Crippen LogP contribution is -2.28. The fraction of sp³-hybridized carbons (Fsp3) is 0.500. The van der Waals surface area contributed by atoms with Gasteiger partial charge in [-0.15, -0.1) is 0 Å². The van der Waals surface area contributed by atoms with E-state index in [1.54, 1.807) is 12.1 Å². The number of piperidine rings is 1. The van der Waals surface area contributed by atoms with Crippen molar-refractivity contribution in [2.45, 2.75) is 19.3 Å². The molecule has 0 saturated carbocycles.